The zero-order chi connectivity index (χ0) is 15.5. The monoisotopic (exact) mass is 292 g/mol. The normalized spacial score (nSPS) is 15.3. The van der Waals surface area contributed by atoms with Crippen molar-refractivity contribution in [3.8, 4) is 0 Å². The van der Waals surface area contributed by atoms with E-state index in [1.54, 1.807) is 4.90 Å². The van der Waals surface area contributed by atoms with E-state index in [2.05, 4.69) is 24.0 Å². The summed E-state index contributed by atoms with van der Waals surface area (Å²) in [5.41, 5.74) is 4.01. The van der Waals surface area contributed by atoms with Crippen LogP contribution in [0.5, 0.6) is 0 Å². The van der Waals surface area contributed by atoms with E-state index in [9.17, 15) is 4.79 Å². The van der Waals surface area contributed by atoms with Crippen molar-refractivity contribution in [2.24, 2.45) is 0 Å². The Bertz CT molecular complexity index is 706. The van der Waals surface area contributed by atoms with Gasteiger partial charge >= 0.3 is 0 Å². The summed E-state index contributed by atoms with van der Waals surface area (Å²) in [6.07, 6.45) is 2.00. The summed E-state index contributed by atoms with van der Waals surface area (Å²) in [5, 5.41) is 0. The maximum absolute atomic E-state index is 12.5. The fourth-order valence-corrected chi connectivity index (χ4v) is 2.77. The van der Waals surface area contributed by atoms with Gasteiger partial charge in [-0.25, -0.2) is 0 Å². The maximum Gasteiger partial charge on any atom is 0.260 e. The van der Waals surface area contributed by atoms with E-state index in [0.717, 1.165) is 29.9 Å². The minimum absolute atomic E-state index is 0.0627. The predicted molar refractivity (Wildman–Crippen MR) is 90.4 cm³/mol. The van der Waals surface area contributed by atoms with Crippen LogP contribution in [0.25, 0.3) is 5.57 Å². The topological polar surface area (TPSA) is 23.6 Å². The van der Waals surface area contributed by atoms with E-state index in [1.165, 1.54) is 5.56 Å². The SMILES string of the molecule is CCN(/C=C1\C(=O)N(C)c2ccccc21)Cc1ccccc1. The van der Waals surface area contributed by atoms with Gasteiger partial charge in [0.1, 0.15) is 0 Å². The summed E-state index contributed by atoms with van der Waals surface area (Å²) < 4.78 is 0. The van der Waals surface area contributed by atoms with Gasteiger partial charge in [0.25, 0.3) is 5.91 Å². The van der Waals surface area contributed by atoms with Crippen LogP contribution in [0.1, 0.15) is 18.1 Å². The van der Waals surface area contributed by atoms with Crippen molar-refractivity contribution >= 4 is 17.2 Å². The number of hydrogen-bond acceptors (Lipinski definition) is 2. The van der Waals surface area contributed by atoms with E-state index in [-0.39, 0.29) is 5.91 Å². The molecule has 0 fully saturated rings. The van der Waals surface area contributed by atoms with Gasteiger partial charge in [0.2, 0.25) is 0 Å². The molecule has 0 aromatic heterocycles. The highest BCUT2D eigenvalue weighted by Crippen LogP contribution is 2.35. The number of likely N-dealkylation sites (N-methyl/N-ethyl adjacent to an activating group) is 1. The first-order chi connectivity index (χ1) is 10.7. The van der Waals surface area contributed by atoms with Crippen LogP contribution >= 0.6 is 0 Å². The molecule has 0 radical (unpaired) electrons. The highest BCUT2D eigenvalue weighted by molar-refractivity contribution is 6.32. The minimum Gasteiger partial charge on any atom is -0.373 e. The second-order valence-electron chi connectivity index (χ2n) is 5.47. The lowest BCUT2D eigenvalue weighted by Gasteiger charge is -2.19. The van der Waals surface area contributed by atoms with E-state index < -0.39 is 0 Å². The number of anilines is 1. The second-order valence-corrected chi connectivity index (χ2v) is 5.47. The van der Waals surface area contributed by atoms with Crippen LogP contribution in [0, 0.1) is 0 Å². The Balaban J connectivity index is 1.91. The van der Waals surface area contributed by atoms with Crippen LogP contribution in [0.4, 0.5) is 5.69 Å². The molecule has 1 heterocycles. The largest absolute Gasteiger partial charge is 0.373 e. The Hall–Kier alpha value is -2.55. The van der Waals surface area contributed by atoms with Crippen molar-refractivity contribution < 1.29 is 4.79 Å². The van der Waals surface area contributed by atoms with E-state index in [0.29, 0.717) is 0 Å². The van der Waals surface area contributed by atoms with E-state index >= 15 is 0 Å². The summed E-state index contributed by atoms with van der Waals surface area (Å²) in [4.78, 5) is 16.4. The third-order valence-electron chi connectivity index (χ3n) is 4.04. The van der Waals surface area contributed by atoms with Crippen LogP contribution < -0.4 is 4.90 Å². The summed E-state index contributed by atoms with van der Waals surface area (Å²) in [5.74, 6) is 0.0627. The molecule has 1 amide bonds. The number of carbonyl (C=O) groups is 1. The van der Waals surface area contributed by atoms with Gasteiger partial charge in [0.15, 0.2) is 0 Å². The van der Waals surface area contributed by atoms with Crippen molar-refractivity contribution in [1.82, 2.24) is 4.90 Å². The van der Waals surface area contributed by atoms with Crippen molar-refractivity contribution in [3.63, 3.8) is 0 Å². The average Bonchev–Trinajstić information content (AvgIpc) is 2.80. The smallest absolute Gasteiger partial charge is 0.260 e. The van der Waals surface area contributed by atoms with Crippen LogP contribution in [-0.2, 0) is 11.3 Å². The van der Waals surface area contributed by atoms with Gasteiger partial charge in [0, 0.05) is 31.9 Å². The highest BCUT2D eigenvalue weighted by atomic mass is 16.2. The molecule has 3 heteroatoms. The number of fused-ring (bicyclic) bond motifs is 1. The average molecular weight is 292 g/mol. The zero-order valence-electron chi connectivity index (χ0n) is 13.0. The van der Waals surface area contributed by atoms with Gasteiger partial charge in [0.05, 0.1) is 11.3 Å². The molecule has 1 aliphatic heterocycles. The third kappa shape index (κ3) is 2.62. The number of benzene rings is 2. The summed E-state index contributed by atoms with van der Waals surface area (Å²) in [6.45, 7) is 3.77. The number of para-hydroxylation sites is 1. The summed E-state index contributed by atoms with van der Waals surface area (Å²) in [6, 6.07) is 18.3. The molecule has 1 aliphatic rings. The molecule has 3 nitrogen and oxygen atoms in total. The molecule has 112 valence electrons. The van der Waals surface area contributed by atoms with Gasteiger partial charge in [-0.15, -0.1) is 0 Å². The predicted octanol–water partition coefficient (Wildman–Crippen LogP) is 3.53. The lowest BCUT2D eigenvalue weighted by molar-refractivity contribution is -0.112. The van der Waals surface area contributed by atoms with Crippen molar-refractivity contribution in [1.29, 1.82) is 0 Å². The molecule has 2 aromatic rings. The Morgan fingerprint density at radius 2 is 1.73 bits per heavy atom. The highest BCUT2D eigenvalue weighted by Gasteiger charge is 2.29. The maximum atomic E-state index is 12.5. The Morgan fingerprint density at radius 1 is 1.05 bits per heavy atom. The number of amides is 1. The Labute approximate surface area is 131 Å². The fraction of sp³-hybridized carbons (Fsp3) is 0.211. The van der Waals surface area contributed by atoms with Crippen molar-refractivity contribution in [3.05, 3.63) is 71.9 Å². The number of hydrogen-bond donors (Lipinski definition) is 0. The number of nitrogens with zero attached hydrogens (tertiary/aromatic N) is 2. The molecule has 0 N–H and O–H groups in total. The Morgan fingerprint density at radius 3 is 2.45 bits per heavy atom. The fourth-order valence-electron chi connectivity index (χ4n) is 2.77. The number of rotatable bonds is 4. The molecular weight excluding hydrogens is 272 g/mol. The minimum atomic E-state index is 0.0627. The Kier molecular flexibility index (Phi) is 3.96. The molecule has 0 unspecified atom stereocenters. The first-order valence-corrected chi connectivity index (χ1v) is 7.58. The van der Waals surface area contributed by atoms with Crippen LogP contribution in [0.3, 0.4) is 0 Å². The lowest BCUT2D eigenvalue weighted by Crippen LogP contribution is -2.22. The lowest BCUT2D eigenvalue weighted by atomic mass is 10.1. The second kappa shape index (κ2) is 6.06. The van der Waals surface area contributed by atoms with Gasteiger partial charge in [-0.3, -0.25) is 4.79 Å². The van der Waals surface area contributed by atoms with Gasteiger partial charge in [-0.2, -0.15) is 0 Å². The van der Waals surface area contributed by atoms with Crippen LogP contribution in [-0.4, -0.2) is 24.4 Å². The molecule has 22 heavy (non-hydrogen) atoms. The number of carbonyl (C=O) groups excluding carboxylic acids is 1. The third-order valence-corrected chi connectivity index (χ3v) is 4.04. The molecule has 2 aromatic carbocycles. The van der Waals surface area contributed by atoms with Crippen molar-refractivity contribution in [2.45, 2.75) is 13.5 Å². The first-order valence-electron chi connectivity index (χ1n) is 7.58. The zero-order valence-corrected chi connectivity index (χ0v) is 13.0. The van der Waals surface area contributed by atoms with Crippen molar-refractivity contribution in [2.75, 3.05) is 18.5 Å². The van der Waals surface area contributed by atoms with Gasteiger partial charge < -0.3 is 9.80 Å². The summed E-state index contributed by atoms with van der Waals surface area (Å²) in [7, 11) is 1.83. The molecular formula is C19H20N2O. The molecule has 0 bridgehead atoms. The first kappa shape index (κ1) is 14.4. The van der Waals surface area contributed by atoms with Gasteiger partial charge in [-0.05, 0) is 18.6 Å². The van der Waals surface area contributed by atoms with Crippen LogP contribution in [0.15, 0.2) is 60.8 Å². The summed E-state index contributed by atoms with van der Waals surface area (Å²) >= 11 is 0. The van der Waals surface area contributed by atoms with Crippen LogP contribution in [0.2, 0.25) is 0 Å². The molecule has 0 aliphatic carbocycles. The van der Waals surface area contributed by atoms with E-state index in [1.807, 2.05) is 55.7 Å². The van der Waals surface area contributed by atoms with Gasteiger partial charge in [-0.1, -0.05) is 48.5 Å². The standard InChI is InChI=1S/C19H20N2O/c1-3-21(13-15-9-5-4-6-10-15)14-17-16-11-7-8-12-18(16)20(2)19(17)22/h4-12,14H,3,13H2,1-2H3/b17-14-. The molecule has 3 rings (SSSR count). The molecule has 0 atom stereocenters. The van der Waals surface area contributed by atoms with E-state index in [4.69, 9.17) is 0 Å². The molecule has 0 spiro atoms. The molecule has 0 saturated heterocycles. The molecule has 0 saturated carbocycles. The quantitative estimate of drug-likeness (QED) is 0.805.